The highest BCUT2D eigenvalue weighted by Gasteiger charge is 2.16. The molecule has 0 aliphatic carbocycles. The van der Waals surface area contributed by atoms with Gasteiger partial charge in [-0.25, -0.2) is 0 Å². The number of aliphatic hydroxyl groups excluding tert-OH is 1. The number of hydrogen-bond donors (Lipinski definition) is 3. The van der Waals surface area contributed by atoms with E-state index in [9.17, 15) is 4.79 Å². The molecule has 5 nitrogen and oxygen atoms in total. The molecule has 0 saturated carbocycles. The molecule has 1 amide bonds. The van der Waals surface area contributed by atoms with Crippen LogP contribution in [0.1, 0.15) is 26.7 Å². The molecule has 4 N–H and O–H groups in total. The minimum absolute atomic E-state index is 0.0720. The van der Waals surface area contributed by atoms with Gasteiger partial charge in [0.2, 0.25) is 5.91 Å². The van der Waals surface area contributed by atoms with Crippen LogP contribution in [-0.2, 0) is 9.53 Å². The molecule has 17 heavy (non-hydrogen) atoms. The minimum Gasteiger partial charge on any atom is -0.394 e. The third-order valence-electron chi connectivity index (χ3n) is 2.57. The number of carbonyl (C=O) groups excluding carboxylic acids is 1. The topological polar surface area (TPSA) is 84.6 Å². The van der Waals surface area contributed by atoms with Gasteiger partial charge in [0, 0.05) is 13.5 Å². The van der Waals surface area contributed by atoms with Gasteiger partial charge < -0.3 is 20.9 Å². The molecular weight excluding hydrogens is 220 g/mol. The van der Waals surface area contributed by atoms with Crippen LogP contribution in [-0.4, -0.2) is 43.9 Å². The predicted molar refractivity (Wildman–Crippen MR) is 67.5 cm³/mol. The van der Waals surface area contributed by atoms with Crippen molar-refractivity contribution >= 4 is 5.91 Å². The number of nitrogens with one attached hydrogen (secondary N) is 1. The number of rotatable bonds is 9. The van der Waals surface area contributed by atoms with Crippen LogP contribution in [0.25, 0.3) is 0 Å². The zero-order chi connectivity index (χ0) is 13.3. The zero-order valence-electron chi connectivity index (χ0n) is 11.1. The second kappa shape index (κ2) is 9.39. The number of aliphatic hydroxyl groups is 1. The van der Waals surface area contributed by atoms with Gasteiger partial charge in [-0.15, -0.1) is 0 Å². The Morgan fingerprint density at radius 2 is 2.12 bits per heavy atom. The highest BCUT2D eigenvalue weighted by Crippen LogP contribution is 2.14. The van der Waals surface area contributed by atoms with E-state index >= 15 is 0 Å². The molecular formula is C12H26N2O3. The smallest absolute Gasteiger partial charge is 0.220 e. The lowest BCUT2D eigenvalue weighted by molar-refractivity contribution is -0.123. The van der Waals surface area contributed by atoms with Crippen molar-refractivity contribution in [2.75, 3.05) is 26.9 Å². The average Bonchev–Trinajstić information content (AvgIpc) is 2.26. The number of nitrogens with two attached hydrogens (primary N) is 1. The van der Waals surface area contributed by atoms with Crippen molar-refractivity contribution in [2.45, 2.75) is 32.7 Å². The first kappa shape index (κ1) is 16.4. The van der Waals surface area contributed by atoms with Gasteiger partial charge in [0.15, 0.2) is 0 Å². The summed E-state index contributed by atoms with van der Waals surface area (Å²) in [7, 11) is 1.54. The van der Waals surface area contributed by atoms with E-state index in [1.165, 1.54) is 7.11 Å². The van der Waals surface area contributed by atoms with E-state index < -0.39 is 0 Å². The van der Waals surface area contributed by atoms with Crippen molar-refractivity contribution < 1.29 is 14.6 Å². The van der Waals surface area contributed by atoms with Gasteiger partial charge in [0.25, 0.3) is 0 Å². The van der Waals surface area contributed by atoms with E-state index in [2.05, 4.69) is 19.2 Å². The molecule has 0 aromatic heterocycles. The van der Waals surface area contributed by atoms with E-state index in [0.29, 0.717) is 25.5 Å². The van der Waals surface area contributed by atoms with Crippen molar-refractivity contribution in [1.82, 2.24) is 5.32 Å². The Morgan fingerprint density at radius 1 is 1.47 bits per heavy atom. The lowest BCUT2D eigenvalue weighted by Crippen LogP contribution is -2.41. The fourth-order valence-electron chi connectivity index (χ4n) is 1.82. The Bertz CT molecular complexity index is 210. The summed E-state index contributed by atoms with van der Waals surface area (Å²) >= 11 is 0. The van der Waals surface area contributed by atoms with Crippen LogP contribution < -0.4 is 11.1 Å². The minimum atomic E-state index is -0.329. The van der Waals surface area contributed by atoms with Gasteiger partial charge in [-0.1, -0.05) is 13.8 Å². The van der Waals surface area contributed by atoms with Crippen molar-refractivity contribution in [2.24, 2.45) is 17.6 Å². The zero-order valence-corrected chi connectivity index (χ0v) is 11.1. The largest absolute Gasteiger partial charge is 0.394 e. The standard InChI is InChI=1S/C12H26N2O3/c1-9(2)4-10(6-13)5-12(16)14-11(7-15)8-17-3/h9-11,15H,4-8,13H2,1-3H3,(H,14,16)/t10-,11?/m0/s1. The summed E-state index contributed by atoms with van der Waals surface area (Å²) in [6, 6.07) is -0.329. The number of amides is 1. The molecule has 0 rings (SSSR count). The Hall–Kier alpha value is -0.650. The SMILES string of the molecule is COCC(CO)NC(=O)C[C@@H](CN)CC(C)C. The third-order valence-corrected chi connectivity index (χ3v) is 2.57. The lowest BCUT2D eigenvalue weighted by atomic mass is 9.94. The van der Waals surface area contributed by atoms with Crippen LogP contribution in [0.5, 0.6) is 0 Å². The van der Waals surface area contributed by atoms with E-state index in [1.54, 1.807) is 0 Å². The quantitative estimate of drug-likeness (QED) is 0.539. The Kier molecular flexibility index (Phi) is 9.03. The van der Waals surface area contributed by atoms with E-state index in [-0.39, 0.29) is 24.5 Å². The second-order valence-electron chi connectivity index (χ2n) is 4.84. The van der Waals surface area contributed by atoms with Crippen LogP contribution in [0.3, 0.4) is 0 Å². The maximum absolute atomic E-state index is 11.7. The normalized spacial score (nSPS) is 14.7. The van der Waals surface area contributed by atoms with E-state index in [4.69, 9.17) is 15.6 Å². The monoisotopic (exact) mass is 246 g/mol. The molecule has 5 heteroatoms. The molecule has 102 valence electrons. The van der Waals surface area contributed by atoms with Gasteiger partial charge in [0.05, 0.1) is 19.3 Å². The van der Waals surface area contributed by atoms with Crippen LogP contribution in [0.2, 0.25) is 0 Å². The molecule has 0 spiro atoms. The Morgan fingerprint density at radius 3 is 2.53 bits per heavy atom. The molecule has 2 atom stereocenters. The van der Waals surface area contributed by atoms with Gasteiger partial charge in [-0.05, 0) is 24.8 Å². The highest BCUT2D eigenvalue weighted by atomic mass is 16.5. The lowest BCUT2D eigenvalue weighted by Gasteiger charge is -2.19. The number of carbonyl (C=O) groups is 1. The number of methoxy groups -OCH3 is 1. The number of hydrogen-bond acceptors (Lipinski definition) is 4. The predicted octanol–water partition coefficient (Wildman–Crippen LogP) is 0.121. The number of ether oxygens (including phenoxy) is 1. The summed E-state index contributed by atoms with van der Waals surface area (Å²) in [5, 5.41) is 11.8. The molecule has 1 unspecified atom stereocenters. The summed E-state index contributed by atoms with van der Waals surface area (Å²) in [5.41, 5.74) is 5.64. The first-order valence-electron chi connectivity index (χ1n) is 6.12. The average molecular weight is 246 g/mol. The van der Waals surface area contributed by atoms with Crippen molar-refractivity contribution in [3.8, 4) is 0 Å². The summed E-state index contributed by atoms with van der Waals surface area (Å²) in [6.07, 6.45) is 1.35. The molecule has 0 radical (unpaired) electrons. The Balaban J connectivity index is 4.04. The molecule has 0 aliphatic heterocycles. The highest BCUT2D eigenvalue weighted by molar-refractivity contribution is 5.76. The van der Waals surface area contributed by atoms with Gasteiger partial charge >= 0.3 is 0 Å². The maximum atomic E-state index is 11.7. The molecule has 0 heterocycles. The van der Waals surface area contributed by atoms with E-state index in [0.717, 1.165) is 6.42 Å². The molecule has 0 fully saturated rings. The summed E-state index contributed by atoms with van der Waals surface area (Å²) in [5.74, 6) is 0.665. The van der Waals surface area contributed by atoms with Gasteiger partial charge in [0.1, 0.15) is 0 Å². The van der Waals surface area contributed by atoms with Crippen LogP contribution in [0.15, 0.2) is 0 Å². The van der Waals surface area contributed by atoms with Crippen molar-refractivity contribution in [3.63, 3.8) is 0 Å². The molecule has 0 aromatic carbocycles. The summed E-state index contributed by atoms with van der Waals surface area (Å²) < 4.78 is 4.89. The van der Waals surface area contributed by atoms with Crippen molar-refractivity contribution in [1.29, 1.82) is 0 Å². The first-order chi connectivity index (χ1) is 8.03. The van der Waals surface area contributed by atoms with Gasteiger partial charge in [-0.2, -0.15) is 0 Å². The second-order valence-corrected chi connectivity index (χ2v) is 4.84. The summed E-state index contributed by atoms with van der Waals surface area (Å²) in [6.45, 7) is 4.94. The van der Waals surface area contributed by atoms with Crippen molar-refractivity contribution in [3.05, 3.63) is 0 Å². The summed E-state index contributed by atoms with van der Waals surface area (Å²) in [4.78, 5) is 11.7. The molecule has 0 aromatic rings. The third kappa shape index (κ3) is 8.12. The Labute approximate surface area is 104 Å². The van der Waals surface area contributed by atoms with Crippen LogP contribution in [0, 0.1) is 11.8 Å². The van der Waals surface area contributed by atoms with E-state index in [1.807, 2.05) is 0 Å². The van der Waals surface area contributed by atoms with Crippen LogP contribution >= 0.6 is 0 Å². The maximum Gasteiger partial charge on any atom is 0.220 e. The molecule has 0 aliphatic rings. The fraction of sp³-hybridized carbons (Fsp3) is 0.917. The first-order valence-corrected chi connectivity index (χ1v) is 6.12. The molecule has 0 bridgehead atoms. The fourth-order valence-corrected chi connectivity index (χ4v) is 1.82. The molecule has 0 saturated heterocycles. The van der Waals surface area contributed by atoms with Crippen LogP contribution in [0.4, 0.5) is 0 Å². The van der Waals surface area contributed by atoms with Gasteiger partial charge in [-0.3, -0.25) is 4.79 Å².